The first kappa shape index (κ1) is 5.43. The topological polar surface area (TPSA) is 46.5 Å². The van der Waals surface area contributed by atoms with Crippen molar-refractivity contribution in [3.8, 4) is 5.75 Å². The van der Waals surface area contributed by atoms with Crippen molar-refractivity contribution in [3.63, 3.8) is 0 Å². The molecule has 4 heteroatoms. The minimum Gasteiger partial charge on any atom is -0.506 e. The van der Waals surface area contributed by atoms with Crippen molar-refractivity contribution in [1.82, 2.24) is 0 Å². The molecule has 0 aliphatic heterocycles. The highest BCUT2D eigenvalue weighted by Gasteiger charge is 2.07. The van der Waals surface area contributed by atoms with E-state index in [1.807, 2.05) is 0 Å². The van der Waals surface area contributed by atoms with Crippen LogP contribution < -0.4 is 0 Å². The normalized spacial score (nSPS) is 14.2. The van der Waals surface area contributed by atoms with Crippen LogP contribution in [0.2, 0.25) is 5.02 Å². The minimum absolute atomic E-state index is 0.0698. The Bertz CT molecular complexity index is 389. The summed E-state index contributed by atoms with van der Waals surface area (Å²) in [5, 5.41) is 9.24. The minimum atomic E-state index is -2.80. The molecule has 0 amide bonds. The third kappa shape index (κ3) is 1.68. The molecule has 0 saturated carbocycles. The number of phenols is 1. The van der Waals surface area contributed by atoms with Gasteiger partial charge in [0, 0.05) is 0 Å². The Labute approximate surface area is 78.7 Å². The first-order chi connectivity index (χ1) is 6.79. The summed E-state index contributed by atoms with van der Waals surface area (Å²) in [5.41, 5.74) is -0.0759. The van der Waals surface area contributed by atoms with Crippen molar-refractivity contribution in [3.05, 3.63) is 28.8 Å². The van der Waals surface area contributed by atoms with Gasteiger partial charge >= 0.3 is 5.97 Å². The highest BCUT2D eigenvalue weighted by atomic mass is 35.5. The van der Waals surface area contributed by atoms with Gasteiger partial charge in [0.15, 0.2) is 0 Å². The molecule has 0 atom stereocenters. The van der Waals surface area contributed by atoms with Crippen molar-refractivity contribution < 1.29 is 18.8 Å². The van der Waals surface area contributed by atoms with Crippen molar-refractivity contribution >= 4 is 17.6 Å². The summed E-state index contributed by atoms with van der Waals surface area (Å²) in [5.74, 6) is -1.35. The largest absolute Gasteiger partial charge is 0.506 e. The van der Waals surface area contributed by atoms with Gasteiger partial charge in [-0.3, -0.25) is 0 Å². The maximum absolute atomic E-state index is 11.2. The number of benzene rings is 1. The zero-order valence-corrected chi connectivity index (χ0v) is 6.63. The maximum atomic E-state index is 11.2. The number of methoxy groups -OCH3 is 1. The number of rotatable bonds is 1. The van der Waals surface area contributed by atoms with E-state index in [4.69, 9.17) is 20.8 Å². The Balaban J connectivity index is 2.88. The number of aromatic hydroxyl groups is 1. The van der Waals surface area contributed by atoms with Crippen molar-refractivity contribution in [2.45, 2.75) is 0 Å². The smallest absolute Gasteiger partial charge is 0.337 e. The van der Waals surface area contributed by atoms with Crippen LogP contribution in [-0.2, 0) is 4.74 Å². The van der Waals surface area contributed by atoms with Gasteiger partial charge < -0.3 is 9.84 Å². The third-order valence-corrected chi connectivity index (χ3v) is 1.59. The molecular weight excluding hydrogens is 180 g/mol. The summed E-state index contributed by atoms with van der Waals surface area (Å²) < 4.78 is 24.3. The van der Waals surface area contributed by atoms with E-state index in [0.717, 1.165) is 6.07 Å². The number of hydrogen-bond acceptors (Lipinski definition) is 3. The van der Waals surface area contributed by atoms with E-state index >= 15 is 0 Å². The Kier molecular flexibility index (Phi) is 1.56. The van der Waals surface area contributed by atoms with Gasteiger partial charge in [0.2, 0.25) is 0 Å². The van der Waals surface area contributed by atoms with E-state index in [9.17, 15) is 4.79 Å². The molecule has 1 aromatic rings. The van der Waals surface area contributed by atoms with E-state index in [1.165, 1.54) is 12.1 Å². The van der Waals surface area contributed by atoms with Crippen LogP contribution in [0.25, 0.3) is 0 Å². The summed E-state index contributed by atoms with van der Waals surface area (Å²) in [6, 6.07) is 3.57. The Morgan fingerprint density at radius 1 is 1.75 bits per heavy atom. The van der Waals surface area contributed by atoms with E-state index in [0.29, 0.717) is 0 Å². The number of ether oxygens (including phenoxy) is 1. The predicted molar refractivity (Wildman–Crippen MR) is 44.5 cm³/mol. The van der Waals surface area contributed by atoms with Gasteiger partial charge in [0.1, 0.15) is 5.75 Å². The molecule has 0 fully saturated rings. The van der Waals surface area contributed by atoms with Crippen LogP contribution in [0, 0.1) is 0 Å². The van der Waals surface area contributed by atoms with Gasteiger partial charge in [0.05, 0.1) is 21.7 Å². The lowest BCUT2D eigenvalue weighted by Gasteiger charge is -2.00. The monoisotopic (exact) mass is 189 g/mol. The van der Waals surface area contributed by atoms with Crippen LogP contribution in [0.1, 0.15) is 14.5 Å². The molecule has 3 nitrogen and oxygen atoms in total. The molecular formula is C8H7ClO3. The maximum Gasteiger partial charge on any atom is 0.337 e. The average Bonchev–Trinajstić information content (AvgIpc) is 2.06. The molecule has 0 saturated heterocycles. The second-order valence-corrected chi connectivity index (χ2v) is 2.46. The quantitative estimate of drug-likeness (QED) is 0.686. The predicted octanol–water partition coefficient (Wildman–Crippen LogP) is 1.83. The van der Waals surface area contributed by atoms with Gasteiger partial charge in [-0.2, -0.15) is 0 Å². The van der Waals surface area contributed by atoms with Crippen molar-refractivity contribution in [2.75, 3.05) is 7.04 Å². The lowest BCUT2D eigenvalue weighted by Crippen LogP contribution is -2.00. The van der Waals surface area contributed by atoms with Crippen molar-refractivity contribution in [2.24, 2.45) is 0 Å². The molecule has 1 aromatic carbocycles. The second kappa shape index (κ2) is 3.45. The van der Waals surface area contributed by atoms with E-state index in [-0.39, 0.29) is 16.3 Å². The first-order valence-electron chi connectivity index (χ1n) is 4.51. The fraction of sp³-hybridized carbons (Fsp3) is 0.125. The van der Waals surface area contributed by atoms with Crippen LogP contribution in [0.5, 0.6) is 5.75 Å². The highest BCUT2D eigenvalue weighted by molar-refractivity contribution is 6.32. The van der Waals surface area contributed by atoms with Gasteiger partial charge in [-0.1, -0.05) is 11.6 Å². The highest BCUT2D eigenvalue weighted by Crippen LogP contribution is 2.23. The zero-order valence-electron chi connectivity index (χ0n) is 8.87. The third-order valence-electron chi connectivity index (χ3n) is 1.27. The molecule has 0 aromatic heterocycles. The van der Waals surface area contributed by atoms with Crippen LogP contribution in [0.4, 0.5) is 0 Å². The summed E-state index contributed by atoms with van der Waals surface area (Å²) in [7, 11) is -2.80. The van der Waals surface area contributed by atoms with Gasteiger partial charge in [0.25, 0.3) is 0 Å². The molecule has 64 valence electrons. The molecule has 0 radical (unpaired) electrons. The zero-order chi connectivity index (χ0) is 11.6. The van der Waals surface area contributed by atoms with Crippen LogP contribution in [0.15, 0.2) is 18.2 Å². The van der Waals surface area contributed by atoms with Gasteiger partial charge in [-0.15, -0.1) is 0 Å². The number of hydrogen-bond donors (Lipinski definition) is 1. The molecule has 0 heterocycles. The Morgan fingerprint density at radius 3 is 3.08 bits per heavy atom. The molecule has 0 aliphatic rings. The lowest BCUT2D eigenvalue weighted by molar-refractivity contribution is 0.0600. The summed E-state index contributed by atoms with van der Waals surface area (Å²) in [6.45, 7) is 0. The molecule has 1 rings (SSSR count). The molecule has 0 unspecified atom stereocenters. The van der Waals surface area contributed by atoms with Crippen LogP contribution in [0.3, 0.4) is 0 Å². The number of phenolic OH excluding ortho intramolecular Hbond substituents is 1. The molecule has 0 aliphatic carbocycles. The van der Waals surface area contributed by atoms with Gasteiger partial charge in [-0.25, -0.2) is 4.79 Å². The summed E-state index contributed by atoms with van der Waals surface area (Å²) >= 11 is 5.51. The lowest BCUT2D eigenvalue weighted by atomic mass is 10.2. The van der Waals surface area contributed by atoms with Crippen LogP contribution in [-0.4, -0.2) is 18.1 Å². The molecule has 0 bridgehead atoms. The second-order valence-electron chi connectivity index (χ2n) is 2.06. The summed E-state index contributed by atoms with van der Waals surface area (Å²) in [6.07, 6.45) is 0. The number of carbonyl (C=O) groups excluding carboxylic acids is 1. The van der Waals surface area contributed by atoms with E-state index < -0.39 is 13.0 Å². The van der Waals surface area contributed by atoms with E-state index in [2.05, 4.69) is 4.74 Å². The standard InChI is InChI=1S/C8H7ClO3/c1-12-8(11)5-2-3-6(9)7(10)4-5/h2-4,10H,1H3/i1D3. The fourth-order valence-corrected chi connectivity index (χ4v) is 0.816. The fourth-order valence-electron chi connectivity index (χ4n) is 0.699. The number of esters is 1. The Morgan fingerprint density at radius 2 is 2.50 bits per heavy atom. The van der Waals surface area contributed by atoms with Crippen LogP contribution >= 0.6 is 11.6 Å². The molecule has 12 heavy (non-hydrogen) atoms. The SMILES string of the molecule is [2H]C([2H])([2H])OC(=O)c1ccc(Cl)c(O)c1. The number of carbonyl (C=O) groups is 1. The molecule has 0 spiro atoms. The average molecular weight is 190 g/mol. The molecule has 1 N–H and O–H groups in total. The Hall–Kier alpha value is -1.22. The summed E-state index contributed by atoms with van der Waals surface area (Å²) in [4.78, 5) is 11.2. The van der Waals surface area contributed by atoms with E-state index in [1.54, 1.807) is 0 Å². The van der Waals surface area contributed by atoms with Crippen molar-refractivity contribution in [1.29, 1.82) is 0 Å². The van der Waals surface area contributed by atoms with Gasteiger partial charge in [-0.05, 0) is 18.2 Å². The first-order valence-corrected chi connectivity index (χ1v) is 3.39. The number of halogens is 1.